The first-order chi connectivity index (χ1) is 10.1. The molecular formula is C15H11BrN2O2S. The van der Waals surface area contributed by atoms with Gasteiger partial charge in [0.15, 0.2) is 4.77 Å². The molecule has 1 aromatic heterocycles. The third-order valence-electron chi connectivity index (χ3n) is 3.20. The second-order valence-corrected chi connectivity index (χ2v) is 5.68. The van der Waals surface area contributed by atoms with Gasteiger partial charge < -0.3 is 9.72 Å². The maximum atomic E-state index is 12.6. The van der Waals surface area contributed by atoms with Crippen LogP contribution in [0.2, 0.25) is 0 Å². The molecule has 0 bridgehead atoms. The lowest BCUT2D eigenvalue weighted by atomic mass is 10.2. The van der Waals surface area contributed by atoms with Gasteiger partial charge in [0.25, 0.3) is 5.56 Å². The van der Waals surface area contributed by atoms with E-state index in [-0.39, 0.29) is 5.56 Å². The molecule has 0 radical (unpaired) electrons. The number of halogens is 1. The second-order valence-electron chi connectivity index (χ2n) is 4.44. The van der Waals surface area contributed by atoms with Crippen LogP contribution in [0.25, 0.3) is 16.6 Å². The van der Waals surface area contributed by atoms with E-state index in [4.69, 9.17) is 17.0 Å². The maximum Gasteiger partial charge on any atom is 0.266 e. The van der Waals surface area contributed by atoms with Crippen molar-refractivity contribution >= 4 is 39.1 Å². The molecule has 3 rings (SSSR count). The monoisotopic (exact) mass is 362 g/mol. The lowest BCUT2D eigenvalue weighted by Gasteiger charge is -2.10. The Morgan fingerprint density at radius 2 is 2.00 bits per heavy atom. The minimum absolute atomic E-state index is 0.147. The van der Waals surface area contributed by atoms with Crippen LogP contribution >= 0.6 is 28.1 Å². The van der Waals surface area contributed by atoms with Crippen LogP contribution in [0.15, 0.2) is 51.7 Å². The van der Waals surface area contributed by atoms with Crippen molar-refractivity contribution in [2.45, 2.75) is 0 Å². The summed E-state index contributed by atoms with van der Waals surface area (Å²) in [6, 6.07) is 12.7. The number of aromatic amines is 1. The fourth-order valence-electron chi connectivity index (χ4n) is 2.19. The van der Waals surface area contributed by atoms with E-state index in [1.807, 2.05) is 18.2 Å². The molecule has 0 aliphatic carbocycles. The van der Waals surface area contributed by atoms with Crippen LogP contribution in [-0.4, -0.2) is 16.7 Å². The van der Waals surface area contributed by atoms with Gasteiger partial charge in [-0.25, -0.2) is 0 Å². The Morgan fingerprint density at radius 1 is 1.24 bits per heavy atom. The minimum atomic E-state index is -0.147. The number of aromatic nitrogens is 2. The van der Waals surface area contributed by atoms with Crippen molar-refractivity contribution in [1.82, 2.24) is 9.55 Å². The third-order valence-corrected chi connectivity index (χ3v) is 4.10. The third kappa shape index (κ3) is 2.41. The van der Waals surface area contributed by atoms with E-state index in [0.717, 1.165) is 9.99 Å². The number of H-pyrrole nitrogens is 1. The van der Waals surface area contributed by atoms with E-state index in [0.29, 0.717) is 21.6 Å². The number of methoxy groups -OCH3 is 1. The number of hydrogen-bond acceptors (Lipinski definition) is 3. The van der Waals surface area contributed by atoms with Crippen LogP contribution in [0.1, 0.15) is 0 Å². The van der Waals surface area contributed by atoms with E-state index in [1.165, 1.54) is 4.57 Å². The van der Waals surface area contributed by atoms with Crippen molar-refractivity contribution in [3.8, 4) is 11.4 Å². The van der Waals surface area contributed by atoms with Crippen LogP contribution in [0, 0.1) is 4.77 Å². The number of ether oxygens (including phenoxy) is 1. The summed E-state index contributed by atoms with van der Waals surface area (Å²) in [5.74, 6) is 0.697. The molecule has 1 heterocycles. The Balaban J connectivity index is 2.33. The molecule has 4 nitrogen and oxygen atoms in total. The minimum Gasteiger partial charge on any atom is -0.496 e. The Hall–Kier alpha value is -1.92. The highest BCUT2D eigenvalue weighted by Gasteiger charge is 2.09. The Morgan fingerprint density at radius 3 is 2.71 bits per heavy atom. The van der Waals surface area contributed by atoms with Gasteiger partial charge in [-0.2, -0.15) is 0 Å². The molecule has 2 aromatic carbocycles. The predicted molar refractivity (Wildman–Crippen MR) is 89.0 cm³/mol. The van der Waals surface area contributed by atoms with Crippen LogP contribution in [0.5, 0.6) is 5.75 Å². The smallest absolute Gasteiger partial charge is 0.266 e. The number of rotatable bonds is 2. The highest BCUT2D eigenvalue weighted by molar-refractivity contribution is 9.10. The maximum absolute atomic E-state index is 12.6. The van der Waals surface area contributed by atoms with Crippen molar-refractivity contribution in [2.24, 2.45) is 0 Å². The predicted octanol–water partition coefficient (Wildman–Crippen LogP) is 3.82. The van der Waals surface area contributed by atoms with Gasteiger partial charge in [0, 0.05) is 0 Å². The number of fused-ring (bicyclic) bond motifs is 1. The zero-order valence-corrected chi connectivity index (χ0v) is 13.5. The molecule has 0 atom stereocenters. The summed E-state index contributed by atoms with van der Waals surface area (Å²) in [6.45, 7) is 0. The molecule has 0 saturated carbocycles. The lowest BCUT2D eigenvalue weighted by molar-refractivity contribution is 0.412. The number of benzene rings is 2. The highest BCUT2D eigenvalue weighted by atomic mass is 79.9. The van der Waals surface area contributed by atoms with Gasteiger partial charge in [-0.15, -0.1) is 0 Å². The van der Waals surface area contributed by atoms with Crippen LogP contribution in [-0.2, 0) is 0 Å². The van der Waals surface area contributed by atoms with Crippen LogP contribution < -0.4 is 10.3 Å². The van der Waals surface area contributed by atoms with E-state index >= 15 is 0 Å². The normalized spacial score (nSPS) is 10.8. The Bertz CT molecular complexity index is 946. The lowest BCUT2D eigenvalue weighted by Crippen LogP contribution is -2.20. The first kappa shape index (κ1) is 14.0. The summed E-state index contributed by atoms with van der Waals surface area (Å²) >= 11 is 8.73. The summed E-state index contributed by atoms with van der Waals surface area (Å²) in [5, 5.41) is 0.595. The van der Waals surface area contributed by atoms with Gasteiger partial charge in [-0.3, -0.25) is 9.36 Å². The molecule has 0 fully saturated rings. The summed E-state index contributed by atoms with van der Waals surface area (Å²) in [6.07, 6.45) is 0. The Kier molecular flexibility index (Phi) is 3.65. The molecule has 0 aliphatic rings. The van der Waals surface area contributed by atoms with E-state index in [2.05, 4.69) is 20.9 Å². The molecule has 0 spiro atoms. The number of nitrogens with zero attached hydrogens (tertiary/aromatic N) is 1. The first-order valence-electron chi connectivity index (χ1n) is 6.20. The van der Waals surface area contributed by atoms with E-state index in [9.17, 15) is 4.79 Å². The summed E-state index contributed by atoms with van der Waals surface area (Å²) in [5.41, 5.74) is 1.27. The van der Waals surface area contributed by atoms with Gasteiger partial charge in [0.2, 0.25) is 0 Å². The fourth-order valence-corrected chi connectivity index (χ4v) is 3.02. The van der Waals surface area contributed by atoms with Crippen molar-refractivity contribution in [3.05, 3.63) is 62.1 Å². The largest absolute Gasteiger partial charge is 0.496 e. The molecule has 0 saturated heterocycles. The van der Waals surface area contributed by atoms with Crippen molar-refractivity contribution in [3.63, 3.8) is 0 Å². The molecule has 6 heteroatoms. The first-order valence-corrected chi connectivity index (χ1v) is 7.40. The molecule has 0 amide bonds. The van der Waals surface area contributed by atoms with Gasteiger partial charge in [-0.1, -0.05) is 12.1 Å². The Labute approximate surface area is 134 Å². The van der Waals surface area contributed by atoms with Gasteiger partial charge in [0.05, 0.1) is 28.2 Å². The molecule has 21 heavy (non-hydrogen) atoms. The summed E-state index contributed by atoms with van der Waals surface area (Å²) in [4.78, 5) is 15.7. The van der Waals surface area contributed by atoms with E-state index in [1.54, 1.807) is 31.4 Å². The molecule has 1 N–H and O–H groups in total. The quantitative estimate of drug-likeness (QED) is 0.705. The molecular weight excluding hydrogens is 352 g/mol. The molecule has 3 aromatic rings. The molecule has 0 unspecified atom stereocenters. The average molecular weight is 363 g/mol. The fraction of sp³-hybridized carbons (Fsp3) is 0.0667. The number of nitrogens with one attached hydrogen (secondary N) is 1. The van der Waals surface area contributed by atoms with Gasteiger partial charge in [0.1, 0.15) is 5.75 Å². The zero-order valence-electron chi connectivity index (χ0n) is 11.1. The molecule has 0 aliphatic heterocycles. The van der Waals surface area contributed by atoms with Gasteiger partial charge >= 0.3 is 0 Å². The van der Waals surface area contributed by atoms with Crippen molar-refractivity contribution in [2.75, 3.05) is 7.11 Å². The number of para-hydroxylation sites is 1. The zero-order chi connectivity index (χ0) is 15.0. The van der Waals surface area contributed by atoms with E-state index < -0.39 is 0 Å². The highest BCUT2D eigenvalue weighted by Crippen LogP contribution is 2.26. The second kappa shape index (κ2) is 5.46. The number of hydrogen-bond donors (Lipinski definition) is 1. The SMILES string of the molecule is COc1ccc(-n2c(=S)[nH]c3ccccc3c2=O)cc1Br. The van der Waals surface area contributed by atoms with Gasteiger partial charge in [-0.05, 0) is 58.5 Å². The average Bonchev–Trinajstić information content (AvgIpc) is 2.47. The van der Waals surface area contributed by atoms with Crippen LogP contribution in [0.3, 0.4) is 0 Å². The van der Waals surface area contributed by atoms with Crippen LogP contribution in [0.4, 0.5) is 0 Å². The topological polar surface area (TPSA) is 47.0 Å². The van der Waals surface area contributed by atoms with Crippen molar-refractivity contribution in [1.29, 1.82) is 0 Å². The summed E-state index contributed by atoms with van der Waals surface area (Å²) in [7, 11) is 1.59. The summed E-state index contributed by atoms with van der Waals surface area (Å²) < 4.78 is 7.79. The standard InChI is InChI=1S/C15H11BrN2O2S/c1-20-13-7-6-9(8-11(13)16)18-14(19)10-4-2-3-5-12(10)17-15(18)21/h2-8H,1H3,(H,17,21). The van der Waals surface area contributed by atoms with Crippen molar-refractivity contribution < 1.29 is 4.74 Å². The molecule has 106 valence electrons.